The predicted molar refractivity (Wildman–Crippen MR) is 108 cm³/mol. The number of rotatable bonds is 7. The van der Waals surface area contributed by atoms with Crippen LogP contribution in [0.2, 0.25) is 0 Å². The Labute approximate surface area is 165 Å². The Kier molecular flexibility index (Phi) is 5.69. The van der Waals surface area contributed by atoms with E-state index < -0.39 is 0 Å². The zero-order chi connectivity index (χ0) is 19.3. The van der Waals surface area contributed by atoms with Gasteiger partial charge in [-0.1, -0.05) is 6.92 Å². The highest BCUT2D eigenvalue weighted by Crippen LogP contribution is 2.27. The molecule has 0 atom stereocenters. The van der Waals surface area contributed by atoms with Gasteiger partial charge in [-0.3, -0.25) is 4.79 Å². The fourth-order valence-electron chi connectivity index (χ4n) is 3.81. The highest BCUT2D eigenvalue weighted by molar-refractivity contribution is 6.02. The molecule has 2 aliphatic rings. The molecule has 148 valence electrons. The number of piperidine rings is 1. The number of ketones is 1. The molecule has 0 amide bonds. The highest BCUT2D eigenvalue weighted by Gasteiger charge is 2.22. The van der Waals surface area contributed by atoms with Gasteiger partial charge in [0.25, 0.3) is 0 Å². The van der Waals surface area contributed by atoms with E-state index in [0.717, 1.165) is 50.2 Å². The predicted octanol–water partition coefficient (Wildman–Crippen LogP) is 3.12. The summed E-state index contributed by atoms with van der Waals surface area (Å²) < 4.78 is 5.37. The molecule has 1 fully saturated rings. The summed E-state index contributed by atoms with van der Waals surface area (Å²) in [7, 11) is 0. The lowest BCUT2D eigenvalue weighted by Gasteiger charge is -2.32. The fourth-order valence-corrected chi connectivity index (χ4v) is 3.81. The molecule has 4 rings (SSSR count). The van der Waals surface area contributed by atoms with Gasteiger partial charge in [0, 0.05) is 44.3 Å². The Bertz CT molecular complexity index is 816. The van der Waals surface area contributed by atoms with E-state index in [1.54, 1.807) is 6.20 Å². The van der Waals surface area contributed by atoms with Crippen molar-refractivity contribution < 1.29 is 9.53 Å². The molecule has 2 aromatic rings. The summed E-state index contributed by atoms with van der Waals surface area (Å²) >= 11 is 0. The van der Waals surface area contributed by atoms with Crippen LogP contribution in [0, 0.1) is 5.92 Å². The molecule has 2 aromatic heterocycles. The van der Waals surface area contributed by atoms with E-state index in [1.807, 2.05) is 18.5 Å². The second-order valence-electron chi connectivity index (χ2n) is 7.52. The number of hydrogen-bond donors (Lipinski definition) is 1. The van der Waals surface area contributed by atoms with Crippen LogP contribution in [0.3, 0.4) is 0 Å². The number of nitrogens with one attached hydrogen (secondary N) is 1. The van der Waals surface area contributed by atoms with Crippen LogP contribution < -0.4 is 15.0 Å². The third-order valence-electron chi connectivity index (χ3n) is 5.62. The van der Waals surface area contributed by atoms with E-state index in [2.05, 4.69) is 32.1 Å². The number of Topliss-reactive ketones (excluding diaryl/α,β-unsaturated/α-hetero) is 1. The number of fused-ring (bicyclic) bond motifs is 1. The van der Waals surface area contributed by atoms with Crippen LogP contribution in [0.4, 0.5) is 11.8 Å². The van der Waals surface area contributed by atoms with Gasteiger partial charge in [0.1, 0.15) is 11.6 Å². The van der Waals surface area contributed by atoms with Crippen molar-refractivity contribution in [2.24, 2.45) is 5.92 Å². The summed E-state index contributed by atoms with van der Waals surface area (Å²) in [5.41, 5.74) is 1.77. The lowest BCUT2D eigenvalue weighted by molar-refractivity contribution is 0.0961. The van der Waals surface area contributed by atoms with E-state index in [1.165, 1.54) is 24.8 Å². The van der Waals surface area contributed by atoms with Gasteiger partial charge in [0.15, 0.2) is 6.61 Å². The molecule has 0 saturated carbocycles. The van der Waals surface area contributed by atoms with Crippen molar-refractivity contribution in [1.82, 2.24) is 15.0 Å². The van der Waals surface area contributed by atoms with Gasteiger partial charge in [-0.15, -0.1) is 0 Å². The molecular formula is C21H27N5O2. The topological polar surface area (TPSA) is 80.2 Å². The second kappa shape index (κ2) is 8.54. The number of carbonyl (C=O) groups excluding carboxylic acids is 1. The fraction of sp³-hybridized carbons (Fsp3) is 0.524. The largest absolute Gasteiger partial charge is 0.484 e. The Morgan fingerprint density at radius 3 is 2.71 bits per heavy atom. The number of ether oxygens (including phenoxy) is 1. The number of anilines is 2. The van der Waals surface area contributed by atoms with Crippen molar-refractivity contribution in [3.05, 3.63) is 35.8 Å². The number of nitrogens with zero attached hydrogens (tertiary/aromatic N) is 4. The first-order chi connectivity index (χ1) is 13.7. The highest BCUT2D eigenvalue weighted by atomic mass is 16.5. The van der Waals surface area contributed by atoms with Crippen LogP contribution in [0.25, 0.3) is 0 Å². The van der Waals surface area contributed by atoms with Gasteiger partial charge in [-0.2, -0.15) is 0 Å². The normalized spacial score (nSPS) is 16.8. The maximum absolute atomic E-state index is 11.6. The van der Waals surface area contributed by atoms with Crippen molar-refractivity contribution in [3.8, 4) is 5.75 Å². The van der Waals surface area contributed by atoms with E-state index in [0.29, 0.717) is 11.3 Å². The Morgan fingerprint density at radius 1 is 1.18 bits per heavy atom. The molecule has 0 aliphatic carbocycles. The lowest BCUT2D eigenvalue weighted by atomic mass is 9.92. The first-order valence-corrected chi connectivity index (χ1v) is 10.2. The molecule has 0 unspecified atom stereocenters. The van der Waals surface area contributed by atoms with Gasteiger partial charge in [-0.05, 0) is 43.6 Å². The average molecular weight is 381 g/mol. The first-order valence-electron chi connectivity index (χ1n) is 10.2. The molecule has 7 nitrogen and oxygen atoms in total. The SMILES string of the molecule is CCc1cnc(N2CCC(CCCNc3cc4c(cn3)C(=O)CO4)CC2)nc1. The van der Waals surface area contributed by atoms with E-state index in [-0.39, 0.29) is 12.4 Å². The Balaban J connectivity index is 1.17. The van der Waals surface area contributed by atoms with Crippen molar-refractivity contribution >= 4 is 17.5 Å². The second-order valence-corrected chi connectivity index (χ2v) is 7.52. The van der Waals surface area contributed by atoms with Crippen molar-refractivity contribution in [2.45, 2.75) is 39.0 Å². The van der Waals surface area contributed by atoms with Gasteiger partial charge in [0.2, 0.25) is 11.7 Å². The van der Waals surface area contributed by atoms with Crippen molar-refractivity contribution in [1.29, 1.82) is 0 Å². The number of carbonyl (C=O) groups is 1. The number of hydrogen-bond acceptors (Lipinski definition) is 7. The average Bonchev–Trinajstić information content (AvgIpc) is 3.12. The molecule has 0 spiro atoms. The molecular weight excluding hydrogens is 354 g/mol. The Morgan fingerprint density at radius 2 is 1.96 bits per heavy atom. The minimum Gasteiger partial charge on any atom is -0.484 e. The molecule has 28 heavy (non-hydrogen) atoms. The van der Waals surface area contributed by atoms with Gasteiger partial charge < -0.3 is 15.0 Å². The molecule has 1 N–H and O–H groups in total. The van der Waals surface area contributed by atoms with Gasteiger partial charge >= 0.3 is 0 Å². The monoisotopic (exact) mass is 381 g/mol. The first kappa shape index (κ1) is 18.7. The molecule has 1 saturated heterocycles. The third kappa shape index (κ3) is 4.24. The maximum atomic E-state index is 11.6. The van der Waals surface area contributed by atoms with E-state index >= 15 is 0 Å². The Hall–Kier alpha value is -2.70. The van der Waals surface area contributed by atoms with Crippen LogP contribution in [-0.2, 0) is 6.42 Å². The smallest absolute Gasteiger partial charge is 0.225 e. The van der Waals surface area contributed by atoms with Crippen LogP contribution in [-0.4, -0.2) is 47.0 Å². The van der Waals surface area contributed by atoms with Crippen LogP contribution in [0.5, 0.6) is 5.75 Å². The quantitative estimate of drug-likeness (QED) is 0.738. The van der Waals surface area contributed by atoms with Crippen LogP contribution in [0.15, 0.2) is 24.7 Å². The molecule has 2 aliphatic heterocycles. The zero-order valence-corrected chi connectivity index (χ0v) is 16.4. The summed E-state index contributed by atoms with van der Waals surface area (Å²) in [5.74, 6) is 3.04. The standard InChI is InChI=1S/C21H27N5O2/c1-2-15-11-24-21(25-12-15)26-8-5-16(6-9-26)4-3-7-22-20-10-19-17(13-23-20)18(27)14-28-19/h10-13,16H,2-9,14H2,1H3,(H,22,23). The van der Waals surface area contributed by atoms with E-state index in [9.17, 15) is 4.79 Å². The molecule has 4 heterocycles. The van der Waals surface area contributed by atoms with Gasteiger partial charge in [-0.25, -0.2) is 15.0 Å². The summed E-state index contributed by atoms with van der Waals surface area (Å²) in [6, 6.07) is 1.82. The molecule has 0 radical (unpaired) electrons. The zero-order valence-electron chi connectivity index (χ0n) is 16.4. The lowest BCUT2D eigenvalue weighted by Crippen LogP contribution is -2.35. The minimum atomic E-state index is 0.00657. The van der Waals surface area contributed by atoms with Crippen molar-refractivity contribution in [2.75, 3.05) is 36.5 Å². The summed E-state index contributed by atoms with van der Waals surface area (Å²) in [4.78, 5) is 27.2. The number of aromatic nitrogens is 3. The molecule has 0 aromatic carbocycles. The van der Waals surface area contributed by atoms with Gasteiger partial charge in [0.05, 0.1) is 5.56 Å². The number of pyridine rings is 1. The third-order valence-corrected chi connectivity index (χ3v) is 5.62. The number of aryl methyl sites for hydroxylation is 1. The molecule has 7 heteroatoms. The molecule has 0 bridgehead atoms. The van der Waals surface area contributed by atoms with Crippen LogP contribution in [0.1, 0.15) is 48.5 Å². The van der Waals surface area contributed by atoms with E-state index in [4.69, 9.17) is 4.74 Å². The summed E-state index contributed by atoms with van der Waals surface area (Å²) in [5, 5.41) is 3.34. The maximum Gasteiger partial charge on any atom is 0.225 e. The van der Waals surface area contributed by atoms with Crippen molar-refractivity contribution in [3.63, 3.8) is 0 Å². The minimum absolute atomic E-state index is 0.00657. The summed E-state index contributed by atoms with van der Waals surface area (Å²) in [6.07, 6.45) is 11.1. The van der Waals surface area contributed by atoms with Crippen LogP contribution >= 0.6 is 0 Å². The summed E-state index contributed by atoms with van der Waals surface area (Å²) in [6.45, 7) is 5.19.